The number of hydrogen-bond acceptors (Lipinski definition) is 4. The van der Waals surface area contributed by atoms with Crippen molar-refractivity contribution in [1.82, 2.24) is 14.7 Å². The van der Waals surface area contributed by atoms with Crippen molar-refractivity contribution in [3.8, 4) is 0 Å². The van der Waals surface area contributed by atoms with Crippen molar-refractivity contribution < 1.29 is 14.0 Å². The third kappa shape index (κ3) is 7.86. The molecule has 1 amide bonds. The molecule has 5 rings (SSSR count). The predicted octanol–water partition coefficient (Wildman–Crippen LogP) is 5.83. The van der Waals surface area contributed by atoms with Gasteiger partial charge in [-0.2, -0.15) is 0 Å². The normalized spacial score (nSPS) is 28.5. The van der Waals surface area contributed by atoms with Crippen molar-refractivity contribution in [1.29, 1.82) is 0 Å². The molecule has 208 valence electrons. The summed E-state index contributed by atoms with van der Waals surface area (Å²) in [5.74, 6) is 0.555. The van der Waals surface area contributed by atoms with Crippen molar-refractivity contribution in [2.45, 2.75) is 120 Å². The van der Waals surface area contributed by atoms with Gasteiger partial charge in [0.2, 0.25) is 6.41 Å². The van der Waals surface area contributed by atoms with E-state index in [1.165, 1.54) is 44.2 Å². The predicted molar refractivity (Wildman–Crippen MR) is 150 cm³/mol. The molecule has 2 aliphatic heterocycles. The summed E-state index contributed by atoms with van der Waals surface area (Å²) in [6.07, 6.45) is 12.8. The molecule has 0 N–H and O–H groups in total. The monoisotopic (exact) mass is 515 g/mol. The Morgan fingerprint density at radius 1 is 1.16 bits per heavy atom. The van der Waals surface area contributed by atoms with E-state index in [0.717, 1.165) is 38.5 Å². The Balaban J connectivity index is 0.000000199. The van der Waals surface area contributed by atoms with Gasteiger partial charge in [-0.25, -0.2) is 4.39 Å². The molecule has 1 spiro atoms. The van der Waals surface area contributed by atoms with Gasteiger partial charge in [0, 0.05) is 42.5 Å². The van der Waals surface area contributed by atoms with Crippen LogP contribution >= 0.6 is 0 Å². The second-order valence-electron chi connectivity index (χ2n) is 11.4. The Hall–Kier alpha value is -1.79. The zero-order chi connectivity index (χ0) is 26.8. The van der Waals surface area contributed by atoms with Crippen molar-refractivity contribution >= 4 is 12.7 Å². The van der Waals surface area contributed by atoms with Crippen LogP contribution in [0.15, 0.2) is 30.3 Å². The first-order chi connectivity index (χ1) is 18.0. The van der Waals surface area contributed by atoms with Crippen molar-refractivity contribution in [2.24, 2.45) is 0 Å². The largest absolute Gasteiger partial charge is 0.339 e. The lowest BCUT2D eigenvalue weighted by Gasteiger charge is -2.43. The summed E-state index contributed by atoms with van der Waals surface area (Å²) in [6.45, 7) is 6.11. The molecular weight excluding hydrogens is 465 g/mol. The van der Waals surface area contributed by atoms with Gasteiger partial charge in [-0.1, -0.05) is 44.2 Å². The molecule has 5 nitrogen and oxygen atoms in total. The minimum absolute atomic E-state index is 0.252. The lowest BCUT2D eigenvalue weighted by Crippen LogP contribution is -2.49. The number of carbonyl (C=O) groups excluding carboxylic acids is 2. The Kier molecular flexibility index (Phi) is 11.6. The number of alkyl halides is 1. The standard InChI is InChI=1S/C16H29FN2O.C13H15NO.C2H6/c1-18-8-5-7-14(18)12-15(6-3-4-9-20)19(2)16-10-13(17)11-16;15-10-14-9-12(8-13(14)6-7-13)11-4-2-1-3-5-11;1-2/h9,13-16H,3-8,10-12H2,1-2H3;1-5,10,12H,6-9H2;1-2H3/t13?,14-,15?,16?;12-;/m11./s1. The van der Waals surface area contributed by atoms with Gasteiger partial charge < -0.3 is 19.5 Å². The Labute approximate surface area is 224 Å². The van der Waals surface area contributed by atoms with Gasteiger partial charge in [0.25, 0.3) is 0 Å². The first-order valence-electron chi connectivity index (χ1n) is 14.7. The average molecular weight is 516 g/mol. The molecule has 0 bridgehead atoms. The summed E-state index contributed by atoms with van der Waals surface area (Å²) in [4.78, 5) is 28.4. The van der Waals surface area contributed by atoms with Gasteiger partial charge in [-0.05, 0) is 90.4 Å². The maximum atomic E-state index is 13.1. The Morgan fingerprint density at radius 3 is 2.38 bits per heavy atom. The van der Waals surface area contributed by atoms with E-state index in [-0.39, 0.29) is 5.54 Å². The van der Waals surface area contributed by atoms with Crippen molar-refractivity contribution in [3.05, 3.63) is 35.9 Å². The Morgan fingerprint density at radius 2 is 1.86 bits per heavy atom. The lowest BCUT2D eigenvalue weighted by atomic mass is 9.87. The van der Waals surface area contributed by atoms with E-state index < -0.39 is 6.17 Å². The first kappa shape index (κ1) is 29.8. The number of hydrogen-bond donors (Lipinski definition) is 0. The summed E-state index contributed by atoms with van der Waals surface area (Å²) in [6, 6.07) is 12.1. The molecule has 4 fully saturated rings. The molecule has 1 unspecified atom stereocenters. The minimum atomic E-state index is -0.591. The van der Waals surface area contributed by atoms with Crippen LogP contribution in [0.2, 0.25) is 0 Å². The number of nitrogens with zero attached hydrogens (tertiary/aromatic N) is 3. The van der Waals surface area contributed by atoms with E-state index in [1.54, 1.807) is 0 Å². The molecular formula is C31H50FN3O2. The molecule has 4 aliphatic rings. The van der Waals surface area contributed by atoms with E-state index in [1.807, 2.05) is 24.8 Å². The molecule has 2 heterocycles. The van der Waals surface area contributed by atoms with Crippen LogP contribution in [-0.4, -0.2) is 84.4 Å². The third-order valence-electron chi connectivity index (χ3n) is 9.16. The zero-order valence-corrected chi connectivity index (χ0v) is 23.7. The molecule has 6 heteroatoms. The Bertz CT molecular complexity index is 812. The molecule has 2 saturated carbocycles. The summed E-state index contributed by atoms with van der Waals surface area (Å²) < 4.78 is 13.1. The zero-order valence-electron chi connectivity index (χ0n) is 23.7. The van der Waals surface area contributed by atoms with Crippen LogP contribution < -0.4 is 0 Å². The molecule has 0 aromatic heterocycles. The van der Waals surface area contributed by atoms with Crippen LogP contribution in [0.25, 0.3) is 0 Å². The van der Waals surface area contributed by atoms with Crippen LogP contribution in [-0.2, 0) is 9.59 Å². The molecule has 2 saturated heterocycles. The number of rotatable bonds is 10. The second-order valence-corrected chi connectivity index (χ2v) is 11.4. The number of aldehydes is 1. The quantitative estimate of drug-likeness (QED) is 0.290. The highest BCUT2D eigenvalue weighted by atomic mass is 19.1. The maximum absolute atomic E-state index is 13.1. The SMILES string of the molecule is CC.CN(C1CC(F)C1)C(CCCC=O)C[C@H]1CCCN1C.O=CN1C[C@H](c2ccccc2)CC12CC2. The van der Waals surface area contributed by atoms with Crippen LogP contribution in [0.3, 0.4) is 0 Å². The van der Waals surface area contributed by atoms with E-state index in [4.69, 9.17) is 0 Å². The van der Waals surface area contributed by atoms with Crippen molar-refractivity contribution in [2.75, 3.05) is 27.2 Å². The number of likely N-dealkylation sites (tertiary alicyclic amines) is 2. The summed E-state index contributed by atoms with van der Waals surface area (Å²) in [7, 11) is 4.36. The highest BCUT2D eigenvalue weighted by Gasteiger charge is 2.53. The van der Waals surface area contributed by atoms with Gasteiger partial charge in [0.05, 0.1) is 0 Å². The molecule has 0 radical (unpaired) electrons. The van der Waals surface area contributed by atoms with E-state index in [0.29, 0.717) is 43.3 Å². The highest BCUT2D eigenvalue weighted by molar-refractivity contribution is 5.52. The fourth-order valence-corrected chi connectivity index (χ4v) is 6.48. The highest BCUT2D eigenvalue weighted by Crippen LogP contribution is 2.53. The number of unbranched alkanes of at least 4 members (excludes halogenated alkanes) is 1. The third-order valence-corrected chi connectivity index (χ3v) is 9.16. The molecule has 2 aliphatic carbocycles. The summed E-state index contributed by atoms with van der Waals surface area (Å²) in [5, 5.41) is 0. The van der Waals surface area contributed by atoms with E-state index in [2.05, 4.69) is 48.2 Å². The minimum Gasteiger partial charge on any atom is -0.339 e. The van der Waals surface area contributed by atoms with Gasteiger partial charge in [0.1, 0.15) is 12.5 Å². The second kappa shape index (κ2) is 14.4. The van der Waals surface area contributed by atoms with Gasteiger partial charge >= 0.3 is 0 Å². The number of carbonyl (C=O) groups is 2. The van der Waals surface area contributed by atoms with E-state index >= 15 is 0 Å². The smallest absolute Gasteiger partial charge is 0.210 e. The fourth-order valence-electron chi connectivity index (χ4n) is 6.48. The van der Waals surface area contributed by atoms with Crippen LogP contribution in [0.4, 0.5) is 4.39 Å². The number of halogens is 1. The average Bonchev–Trinajstić information content (AvgIpc) is 3.42. The molecule has 3 atom stereocenters. The molecule has 1 aromatic carbocycles. The first-order valence-corrected chi connectivity index (χ1v) is 14.7. The summed E-state index contributed by atoms with van der Waals surface area (Å²) in [5.41, 5.74) is 1.63. The van der Waals surface area contributed by atoms with E-state index in [9.17, 15) is 14.0 Å². The topological polar surface area (TPSA) is 43.9 Å². The van der Waals surface area contributed by atoms with Gasteiger partial charge in [-0.15, -0.1) is 0 Å². The maximum Gasteiger partial charge on any atom is 0.210 e. The van der Waals surface area contributed by atoms with Crippen LogP contribution in [0.5, 0.6) is 0 Å². The van der Waals surface area contributed by atoms with Crippen LogP contribution in [0.1, 0.15) is 96.0 Å². The lowest BCUT2D eigenvalue weighted by molar-refractivity contribution is -0.119. The summed E-state index contributed by atoms with van der Waals surface area (Å²) >= 11 is 0. The van der Waals surface area contributed by atoms with Crippen molar-refractivity contribution in [3.63, 3.8) is 0 Å². The molecule has 1 aromatic rings. The molecule has 37 heavy (non-hydrogen) atoms. The number of benzene rings is 1. The number of amides is 1. The fraction of sp³-hybridized carbons (Fsp3) is 0.742. The van der Waals surface area contributed by atoms with Crippen LogP contribution in [0, 0.1) is 0 Å². The van der Waals surface area contributed by atoms with Gasteiger partial charge in [-0.3, -0.25) is 4.79 Å². The van der Waals surface area contributed by atoms with Gasteiger partial charge in [0.15, 0.2) is 0 Å².